The zero-order chi connectivity index (χ0) is 11.1. The Morgan fingerprint density at radius 1 is 0.688 bits per heavy atom. The molecule has 1 heterocycles. The summed E-state index contributed by atoms with van der Waals surface area (Å²) in [7, 11) is 0. The Hall–Kier alpha value is -1.19. The molecule has 0 aliphatic rings. The first-order valence-electron chi connectivity index (χ1n) is 4.95. The van der Waals surface area contributed by atoms with E-state index in [1.807, 2.05) is 36.4 Å². The Morgan fingerprint density at radius 3 is 2.31 bits per heavy atom. The van der Waals surface area contributed by atoms with Crippen molar-refractivity contribution in [3.8, 4) is 0 Å². The molecule has 3 aromatic rings. The van der Waals surface area contributed by atoms with Crippen molar-refractivity contribution >= 4 is 47.1 Å². The minimum absolute atomic E-state index is 0.935. The first-order valence-corrected chi connectivity index (χ1v) is 5.84. The minimum atomic E-state index is 0.935. The summed E-state index contributed by atoms with van der Waals surface area (Å²) in [5.41, 5.74) is 1.97. The molecule has 0 aliphatic carbocycles. The normalized spacial score (nSPS) is 11.1. The molecule has 0 atom stereocenters. The zero-order valence-corrected chi connectivity index (χ0v) is 10.2. The second-order valence-electron chi connectivity index (χ2n) is 3.74. The van der Waals surface area contributed by atoms with Gasteiger partial charge in [0, 0.05) is 20.6 Å². The van der Waals surface area contributed by atoms with E-state index in [4.69, 9.17) is 0 Å². The lowest BCUT2D eigenvalue weighted by atomic mass is 10.1. The molecular formula is C13H9NS2. The predicted molar refractivity (Wildman–Crippen MR) is 73.8 cm³/mol. The monoisotopic (exact) mass is 243 g/mol. The number of nitrogens with zero attached hydrogens (tertiary/aromatic N) is 1. The lowest BCUT2D eigenvalue weighted by Crippen LogP contribution is -1.82. The highest BCUT2D eigenvalue weighted by Crippen LogP contribution is 2.23. The molecular weight excluding hydrogens is 234 g/mol. The Labute approximate surface area is 104 Å². The van der Waals surface area contributed by atoms with E-state index in [0.717, 1.165) is 31.6 Å². The molecule has 78 valence electrons. The van der Waals surface area contributed by atoms with E-state index in [1.165, 1.54) is 0 Å². The van der Waals surface area contributed by atoms with Gasteiger partial charge in [0.2, 0.25) is 0 Å². The number of fused-ring (bicyclic) bond motifs is 2. The van der Waals surface area contributed by atoms with Crippen molar-refractivity contribution in [1.29, 1.82) is 0 Å². The summed E-state index contributed by atoms with van der Waals surface area (Å²) in [6.45, 7) is 0. The van der Waals surface area contributed by atoms with E-state index < -0.39 is 0 Å². The molecule has 2 aromatic carbocycles. The molecule has 0 saturated carbocycles. The van der Waals surface area contributed by atoms with E-state index in [9.17, 15) is 0 Å². The van der Waals surface area contributed by atoms with Gasteiger partial charge in [-0.15, -0.1) is 25.3 Å². The lowest BCUT2D eigenvalue weighted by Gasteiger charge is -2.02. The van der Waals surface area contributed by atoms with Gasteiger partial charge in [0.1, 0.15) is 0 Å². The van der Waals surface area contributed by atoms with Crippen LogP contribution in [0.25, 0.3) is 21.8 Å². The lowest BCUT2D eigenvalue weighted by molar-refractivity contribution is 1.42. The van der Waals surface area contributed by atoms with E-state index >= 15 is 0 Å². The highest BCUT2D eigenvalue weighted by Gasteiger charge is 2.00. The third kappa shape index (κ3) is 1.66. The van der Waals surface area contributed by atoms with Gasteiger partial charge in [-0.3, -0.25) is 0 Å². The van der Waals surface area contributed by atoms with Crippen LogP contribution in [0.2, 0.25) is 0 Å². The highest BCUT2D eigenvalue weighted by molar-refractivity contribution is 7.80. The second-order valence-corrected chi connectivity index (χ2v) is 4.78. The number of benzene rings is 2. The fourth-order valence-electron chi connectivity index (χ4n) is 1.81. The van der Waals surface area contributed by atoms with Crippen molar-refractivity contribution in [2.24, 2.45) is 0 Å². The predicted octanol–water partition coefficient (Wildman–Crippen LogP) is 3.97. The molecule has 0 aliphatic heterocycles. The van der Waals surface area contributed by atoms with Crippen molar-refractivity contribution in [2.45, 2.75) is 9.79 Å². The summed E-state index contributed by atoms with van der Waals surface area (Å²) in [6.07, 6.45) is 0. The van der Waals surface area contributed by atoms with Gasteiger partial charge >= 0.3 is 0 Å². The van der Waals surface area contributed by atoms with Gasteiger partial charge in [-0.2, -0.15) is 0 Å². The van der Waals surface area contributed by atoms with Gasteiger partial charge in [0.15, 0.2) is 0 Å². The van der Waals surface area contributed by atoms with Gasteiger partial charge in [-0.25, -0.2) is 4.98 Å². The SMILES string of the molecule is Sc1ccc2nc3cc(S)ccc3cc2c1. The maximum absolute atomic E-state index is 4.60. The van der Waals surface area contributed by atoms with Gasteiger partial charge < -0.3 is 0 Å². The van der Waals surface area contributed by atoms with Crippen molar-refractivity contribution in [3.63, 3.8) is 0 Å². The van der Waals surface area contributed by atoms with Gasteiger partial charge in [-0.1, -0.05) is 6.07 Å². The van der Waals surface area contributed by atoms with Crippen LogP contribution < -0.4 is 0 Å². The van der Waals surface area contributed by atoms with Crippen LogP contribution in [0, 0.1) is 0 Å². The Bertz CT molecular complexity index is 630. The number of hydrogen-bond donors (Lipinski definition) is 2. The van der Waals surface area contributed by atoms with Crippen LogP contribution in [0.3, 0.4) is 0 Å². The van der Waals surface area contributed by atoms with Crippen LogP contribution in [-0.4, -0.2) is 4.98 Å². The van der Waals surface area contributed by atoms with Crippen molar-refractivity contribution in [3.05, 3.63) is 42.5 Å². The fourth-order valence-corrected chi connectivity index (χ4v) is 2.22. The van der Waals surface area contributed by atoms with Crippen LogP contribution in [0.4, 0.5) is 0 Å². The summed E-state index contributed by atoms with van der Waals surface area (Å²) >= 11 is 8.65. The summed E-state index contributed by atoms with van der Waals surface area (Å²) in [5.74, 6) is 0. The third-order valence-electron chi connectivity index (χ3n) is 2.58. The maximum atomic E-state index is 4.60. The summed E-state index contributed by atoms with van der Waals surface area (Å²) in [4.78, 5) is 6.49. The number of pyridine rings is 1. The second kappa shape index (κ2) is 3.68. The van der Waals surface area contributed by atoms with Crippen LogP contribution in [0.5, 0.6) is 0 Å². The van der Waals surface area contributed by atoms with Gasteiger partial charge in [0.05, 0.1) is 11.0 Å². The number of aromatic nitrogens is 1. The third-order valence-corrected chi connectivity index (χ3v) is 3.13. The van der Waals surface area contributed by atoms with E-state index in [1.54, 1.807) is 0 Å². The molecule has 3 rings (SSSR count). The maximum Gasteiger partial charge on any atom is 0.0720 e. The first-order chi connectivity index (χ1) is 7.72. The molecule has 0 bridgehead atoms. The van der Waals surface area contributed by atoms with Crippen LogP contribution in [0.1, 0.15) is 0 Å². The molecule has 0 fully saturated rings. The Kier molecular flexibility index (Phi) is 2.30. The number of thiol groups is 2. The quantitative estimate of drug-likeness (QED) is 0.450. The van der Waals surface area contributed by atoms with Gasteiger partial charge in [0.25, 0.3) is 0 Å². The molecule has 0 N–H and O–H groups in total. The molecule has 16 heavy (non-hydrogen) atoms. The average Bonchev–Trinajstić information content (AvgIpc) is 2.26. The smallest absolute Gasteiger partial charge is 0.0720 e. The summed E-state index contributed by atoms with van der Waals surface area (Å²) in [6, 6.07) is 14.1. The molecule has 1 nitrogen and oxygen atoms in total. The molecule has 3 heteroatoms. The van der Waals surface area contributed by atoms with Crippen LogP contribution in [-0.2, 0) is 0 Å². The standard InChI is InChI=1S/C13H9NS2/c15-10-3-4-12-9(6-10)5-8-1-2-11(16)7-13(8)14-12/h1-7,15-16H. The van der Waals surface area contributed by atoms with E-state index in [0.29, 0.717) is 0 Å². The molecule has 0 amide bonds. The number of rotatable bonds is 0. The summed E-state index contributed by atoms with van der Waals surface area (Å²) in [5, 5.41) is 2.25. The zero-order valence-electron chi connectivity index (χ0n) is 8.38. The van der Waals surface area contributed by atoms with Gasteiger partial charge in [-0.05, 0) is 36.4 Å². The topological polar surface area (TPSA) is 12.9 Å². The van der Waals surface area contributed by atoms with Crippen LogP contribution in [0.15, 0.2) is 52.3 Å². The first kappa shape index (κ1) is 10.00. The molecule has 0 radical (unpaired) electrons. The molecule has 1 aromatic heterocycles. The Balaban J connectivity index is 2.44. The molecule has 0 saturated heterocycles. The van der Waals surface area contributed by atoms with Crippen LogP contribution >= 0.6 is 25.3 Å². The largest absolute Gasteiger partial charge is 0.248 e. The van der Waals surface area contributed by atoms with E-state index in [2.05, 4.69) is 36.3 Å². The van der Waals surface area contributed by atoms with Crippen molar-refractivity contribution < 1.29 is 0 Å². The summed E-state index contributed by atoms with van der Waals surface area (Å²) < 4.78 is 0. The molecule has 0 unspecified atom stereocenters. The Morgan fingerprint density at radius 2 is 1.44 bits per heavy atom. The van der Waals surface area contributed by atoms with E-state index in [-0.39, 0.29) is 0 Å². The van der Waals surface area contributed by atoms with Crippen molar-refractivity contribution in [2.75, 3.05) is 0 Å². The molecule has 0 spiro atoms. The average molecular weight is 243 g/mol. The fraction of sp³-hybridized carbons (Fsp3) is 0. The highest BCUT2D eigenvalue weighted by atomic mass is 32.1. The minimum Gasteiger partial charge on any atom is -0.248 e. The number of hydrogen-bond acceptors (Lipinski definition) is 3. The van der Waals surface area contributed by atoms with Crippen molar-refractivity contribution in [1.82, 2.24) is 4.98 Å².